The van der Waals surface area contributed by atoms with Gasteiger partial charge in [-0.2, -0.15) is 0 Å². The molecule has 0 aliphatic carbocycles. The van der Waals surface area contributed by atoms with Gasteiger partial charge in [-0.05, 0) is 36.2 Å². The average molecular weight is 425 g/mol. The van der Waals surface area contributed by atoms with Crippen LogP contribution in [-0.4, -0.2) is 54.7 Å². The zero-order chi connectivity index (χ0) is 21.8. The minimum absolute atomic E-state index is 0.0407. The fraction of sp³-hybridized carbons (Fsp3) is 0.435. The Morgan fingerprint density at radius 2 is 1.90 bits per heavy atom. The Bertz CT molecular complexity index is 956. The van der Waals surface area contributed by atoms with Gasteiger partial charge >= 0.3 is 0 Å². The molecule has 1 saturated heterocycles. The zero-order valence-electron chi connectivity index (χ0n) is 18.0. The molecule has 0 saturated carbocycles. The van der Waals surface area contributed by atoms with Crippen LogP contribution in [-0.2, 0) is 11.3 Å². The summed E-state index contributed by atoms with van der Waals surface area (Å²) in [5.74, 6) is 2.12. The topological polar surface area (TPSA) is 84.0 Å². The monoisotopic (exact) mass is 424 g/mol. The van der Waals surface area contributed by atoms with Crippen LogP contribution in [0.15, 0.2) is 36.5 Å². The molecule has 2 aliphatic rings. The zero-order valence-corrected chi connectivity index (χ0v) is 18.0. The number of aromatic nitrogens is 1. The van der Waals surface area contributed by atoms with Crippen LogP contribution in [0.1, 0.15) is 36.2 Å². The standard InChI is InChI=1S/C23H28N4O4/c1-3-16(2)23(29)27-11-9-26(10-12-27)21-18(5-4-8-24-21)22(28)25-14-17-6-7-19-20(13-17)31-15-30-19/h4-8,13,16H,3,9-12,14-15H2,1-2H3,(H,25,28)/t16-/m0/s1. The van der Waals surface area contributed by atoms with Crippen molar-refractivity contribution in [2.75, 3.05) is 37.9 Å². The van der Waals surface area contributed by atoms with E-state index in [0.717, 1.165) is 17.7 Å². The first kappa shape index (κ1) is 21.0. The highest BCUT2D eigenvalue weighted by atomic mass is 16.7. The number of anilines is 1. The van der Waals surface area contributed by atoms with Crippen molar-refractivity contribution in [1.29, 1.82) is 0 Å². The van der Waals surface area contributed by atoms with Gasteiger partial charge in [0, 0.05) is 44.8 Å². The second-order valence-corrected chi connectivity index (χ2v) is 7.87. The van der Waals surface area contributed by atoms with Crippen LogP contribution in [0.25, 0.3) is 0 Å². The first-order valence-corrected chi connectivity index (χ1v) is 10.7. The third-order valence-corrected chi connectivity index (χ3v) is 5.85. The average Bonchev–Trinajstić information content (AvgIpc) is 3.29. The molecule has 8 heteroatoms. The van der Waals surface area contributed by atoms with Gasteiger partial charge in [0.25, 0.3) is 5.91 Å². The molecule has 0 unspecified atom stereocenters. The summed E-state index contributed by atoms with van der Waals surface area (Å²) < 4.78 is 10.7. The van der Waals surface area contributed by atoms with Crippen molar-refractivity contribution >= 4 is 17.6 Å². The Labute approximate surface area is 182 Å². The Morgan fingerprint density at radius 1 is 1.13 bits per heavy atom. The molecule has 1 aromatic carbocycles. The fourth-order valence-electron chi connectivity index (χ4n) is 3.78. The molecule has 2 aromatic rings. The van der Waals surface area contributed by atoms with Crippen molar-refractivity contribution in [2.45, 2.75) is 26.8 Å². The summed E-state index contributed by atoms with van der Waals surface area (Å²) in [6, 6.07) is 9.18. The maximum Gasteiger partial charge on any atom is 0.255 e. The lowest BCUT2D eigenvalue weighted by atomic mass is 10.1. The largest absolute Gasteiger partial charge is 0.454 e. The number of ether oxygens (including phenoxy) is 2. The van der Waals surface area contributed by atoms with Crippen LogP contribution >= 0.6 is 0 Å². The maximum atomic E-state index is 12.9. The van der Waals surface area contributed by atoms with E-state index in [-0.39, 0.29) is 24.5 Å². The van der Waals surface area contributed by atoms with E-state index in [1.54, 1.807) is 18.3 Å². The molecule has 8 nitrogen and oxygen atoms in total. The number of carbonyl (C=O) groups excluding carboxylic acids is 2. The molecular formula is C23H28N4O4. The summed E-state index contributed by atoms with van der Waals surface area (Å²) in [6.07, 6.45) is 2.54. The number of hydrogen-bond acceptors (Lipinski definition) is 6. The van der Waals surface area contributed by atoms with E-state index in [9.17, 15) is 9.59 Å². The molecule has 0 radical (unpaired) electrons. The minimum Gasteiger partial charge on any atom is -0.454 e. The molecule has 1 aromatic heterocycles. The SMILES string of the molecule is CC[C@H](C)C(=O)N1CCN(c2ncccc2C(=O)NCc2ccc3c(c2)OCO3)CC1. The summed E-state index contributed by atoms with van der Waals surface area (Å²) in [4.78, 5) is 33.8. The van der Waals surface area contributed by atoms with E-state index in [2.05, 4.69) is 15.2 Å². The highest BCUT2D eigenvalue weighted by molar-refractivity contribution is 5.98. The van der Waals surface area contributed by atoms with Crippen molar-refractivity contribution in [1.82, 2.24) is 15.2 Å². The number of hydrogen-bond donors (Lipinski definition) is 1. The Balaban J connectivity index is 1.39. The number of benzene rings is 1. The van der Waals surface area contributed by atoms with E-state index in [1.807, 2.05) is 36.9 Å². The molecule has 3 heterocycles. The van der Waals surface area contributed by atoms with Gasteiger partial charge in [-0.1, -0.05) is 19.9 Å². The second-order valence-electron chi connectivity index (χ2n) is 7.87. The van der Waals surface area contributed by atoms with Gasteiger partial charge in [0.2, 0.25) is 12.7 Å². The van der Waals surface area contributed by atoms with Crippen LogP contribution in [0.2, 0.25) is 0 Å². The van der Waals surface area contributed by atoms with Crippen molar-refractivity contribution in [3.05, 3.63) is 47.7 Å². The highest BCUT2D eigenvalue weighted by Gasteiger charge is 2.26. The number of carbonyl (C=O) groups is 2. The Kier molecular flexibility index (Phi) is 6.25. The quantitative estimate of drug-likeness (QED) is 0.767. The maximum absolute atomic E-state index is 12.9. The Hall–Kier alpha value is -3.29. The lowest BCUT2D eigenvalue weighted by Crippen LogP contribution is -2.50. The first-order valence-electron chi connectivity index (χ1n) is 10.7. The fourth-order valence-corrected chi connectivity index (χ4v) is 3.78. The van der Waals surface area contributed by atoms with Gasteiger partial charge in [-0.25, -0.2) is 4.98 Å². The molecular weight excluding hydrogens is 396 g/mol. The predicted octanol–water partition coefficient (Wildman–Crippen LogP) is 2.44. The lowest BCUT2D eigenvalue weighted by Gasteiger charge is -2.37. The van der Waals surface area contributed by atoms with Crippen molar-refractivity contribution in [2.24, 2.45) is 5.92 Å². The van der Waals surface area contributed by atoms with Gasteiger partial charge in [0.1, 0.15) is 5.82 Å². The molecule has 2 amide bonds. The molecule has 1 atom stereocenters. The van der Waals surface area contributed by atoms with Gasteiger partial charge < -0.3 is 24.6 Å². The normalized spacial score (nSPS) is 16.2. The van der Waals surface area contributed by atoms with Crippen molar-refractivity contribution < 1.29 is 19.1 Å². The van der Waals surface area contributed by atoms with Crippen molar-refractivity contribution in [3.63, 3.8) is 0 Å². The van der Waals surface area contributed by atoms with E-state index in [0.29, 0.717) is 49.9 Å². The van der Waals surface area contributed by atoms with E-state index < -0.39 is 0 Å². The third kappa shape index (κ3) is 4.57. The molecule has 1 N–H and O–H groups in total. The number of nitrogens with zero attached hydrogens (tertiary/aromatic N) is 3. The number of amides is 2. The van der Waals surface area contributed by atoms with E-state index in [4.69, 9.17) is 9.47 Å². The van der Waals surface area contributed by atoms with Crippen LogP contribution in [0.5, 0.6) is 11.5 Å². The van der Waals surface area contributed by atoms with E-state index >= 15 is 0 Å². The molecule has 1 fully saturated rings. The number of nitrogens with one attached hydrogen (secondary N) is 1. The van der Waals surface area contributed by atoms with Crippen molar-refractivity contribution in [3.8, 4) is 11.5 Å². The summed E-state index contributed by atoms with van der Waals surface area (Å²) >= 11 is 0. The van der Waals surface area contributed by atoms with Crippen LogP contribution in [0.4, 0.5) is 5.82 Å². The molecule has 31 heavy (non-hydrogen) atoms. The van der Waals surface area contributed by atoms with Crippen LogP contribution in [0.3, 0.4) is 0 Å². The minimum atomic E-state index is -0.182. The summed E-state index contributed by atoms with van der Waals surface area (Å²) in [7, 11) is 0. The van der Waals surface area contributed by atoms with Gasteiger partial charge in [0.15, 0.2) is 11.5 Å². The summed E-state index contributed by atoms with van der Waals surface area (Å²) in [5.41, 5.74) is 1.46. The van der Waals surface area contributed by atoms with E-state index in [1.165, 1.54) is 0 Å². The van der Waals surface area contributed by atoms with Gasteiger partial charge in [0.05, 0.1) is 5.56 Å². The summed E-state index contributed by atoms with van der Waals surface area (Å²) in [5, 5.41) is 2.97. The highest BCUT2D eigenvalue weighted by Crippen LogP contribution is 2.32. The number of piperazine rings is 1. The second kappa shape index (κ2) is 9.24. The first-order chi connectivity index (χ1) is 15.1. The van der Waals surface area contributed by atoms with Gasteiger partial charge in [-0.15, -0.1) is 0 Å². The van der Waals surface area contributed by atoms with Gasteiger partial charge in [-0.3, -0.25) is 9.59 Å². The van der Waals surface area contributed by atoms with Crippen LogP contribution in [0, 0.1) is 5.92 Å². The summed E-state index contributed by atoms with van der Waals surface area (Å²) in [6.45, 7) is 7.18. The molecule has 0 bridgehead atoms. The number of pyridine rings is 1. The third-order valence-electron chi connectivity index (χ3n) is 5.85. The van der Waals surface area contributed by atoms with Crippen LogP contribution < -0.4 is 19.7 Å². The molecule has 4 rings (SSSR count). The smallest absolute Gasteiger partial charge is 0.255 e. The molecule has 2 aliphatic heterocycles. The number of fused-ring (bicyclic) bond motifs is 1. The molecule has 0 spiro atoms. The predicted molar refractivity (Wildman–Crippen MR) is 116 cm³/mol. The number of rotatable bonds is 6. The molecule has 164 valence electrons. The lowest BCUT2D eigenvalue weighted by molar-refractivity contribution is -0.135. The Morgan fingerprint density at radius 3 is 2.68 bits per heavy atom.